The van der Waals surface area contributed by atoms with Crippen LogP contribution in [0.5, 0.6) is 0 Å². The predicted molar refractivity (Wildman–Crippen MR) is 96.0 cm³/mol. The Kier molecular flexibility index (Phi) is 4.49. The Balaban J connectivity index is 1.59. The first-order valence-electron chi connectivity index (χ1n) is 8.75. The summed E-state index contributed by atoms with van der Waals surface area (Å²) in [7, 11) is 1.93. The van der Waals surface area contributed by atoms with Crippen LogP contribution in [0.3, 0.4) is 0 Å². The van der Waals surface area contributed by atoms with Crippen molar-refractivity contribution < 1.29 is 13.6 Å². The molecule has 0 spiro atoms. The maximum absolute atomic E-state index is 13.6. The Morgan fingerprint density at radius 3 is 2.89 bits per heavy atom. The molecule has 7 nitrogen and oxygen atoms in total. The van der Waals surface area contributed by atoms with Crippen LogP contribution in [0.4, 0.5) is 4.39 Å². The Labute approximate surface area is 155 Å². The zero-order valence-corrected chi connectivity index (χ0v) is 15.1. The molecule has 0 aliphatic carbocycles. The van der Waals surface area contributed by atoms with E-state index in [1.165, 1.54) is 12.1 Å². The van der Waals surface area contributed by atoms with Crippen LogP contribution in [0, 0.1) is 12.7 Å². The number of aromatic nitrogens is 3. The minimum Gasteiger partial charge on any atom is -0.418 e. The van der Waals surface area contributed by atoms with Gasteiger partial charge in [-0.1, -0.05) is 12.1 Å². The van der Waals surface area contributed by atoms with E-state index < -0.39 is 6.04 Å². The SMILES string of the molecule is Cc1ccc(-c2nnc(CN3CCNC(=O)[C@H]3c3cccc(F)c3)o2)n1C. The smallest absolute Gasteiger partial charge is 0.264 e. The molecule has 0 saturated carbocycles. The highest BCUT2D eigenvalue weighted by Crippen LogP contribution is 2.26. The largest absolute Gasteiger partial charge is 0.418 e. The summed E-state index contributed by atoms with van der Waals surface area (Å²) < 4.78 is 21.4. The summed E-state index contributed by atoms with van der Waals surface area (Å²) in [5.74, 6) is 0.318. The van der Waals surface area contributed by atoms with Gasteiger partial charge in [-0.2, -0.15) is 0 Å². The van der Waals surface area contributed by atoms with Gasteiger partial charge in [-0.3, -0.25) is 9.69 Å². The van der Waals surface area contributed by atoms with Crippen molar-refractivity contribution in [2.45, 2.75) is 19.5 Å². The van der Waals surface area contributed by atoms with Gasteiger partial charge in [0.2, 0.25) is 11.8 Å². The van der Waals surface area contributed by atoms with Gasteiger partial charge in [0.15, 0.2) is 0 Å². The summed E-state index contributed by atoms with van der Waals surface area (Å²) in [5, 5.41) is 11.1. The van der Waals surface area contributed by atoms with Gasteiger partial charge in [0.05, 0.1) is 6.54 Å². The summed E-state index contributed by atoms with van der Waals surface area (Å²) in [4.78, 5) is 14.4. The molecule has 1 amide bonds. The van der Waals surface area contributed by atoms with Crippen molar-refractivity contribution in [1.82, 2.24) is 25.0 Å². The van der Waals surface area contributed by atoms with E-state index in [1.54, 1.807) is 12.1 Å². The van der Waals surface area contributed by atoms with Gasteiger partial charge in [-0.15, -0.1) is 10.2 Å². The second-order valence-electron chi connectivity index (χ2n) is 6.64. The van der Waals surface area contributed by atoms with Crippen LogP contribution in [0.15, 0.2) is 40.8 Å². The van der Waals surface area contributed by atoms with E-state index in [9.17, 15) is 9.18 Å². The summed E-state index contributed by atoms with van der Waals surface area (Å²) in [5.41, 5.74) is 2.53. The lowest BCUT2D eigenvalue weighted by Crippen LogP contribution is -2.49. The Morgan fingerprint density at radius 1 is 1.30 bits per heavy atom. The van der Waals surface area contributed by atoms with Gasteiger partial charge in [-0.05, 0) is 36.8 Å². The van der Waals surface area contributed by atoms with Crippen LogP contribution in [-0.2, 0) is 18.4 Å². The van der Waals surface area contributed by atoms with Crippen molar-refractivity contribution >= 4 is 5.91 Å². The maximum Gasteiger partial charge on any atom is 0.264 e. The molecule has 140 valence electrons. The number of carbonyl (C=O) groups excluding carboxylic acids is 1. The molecule has 2 aromatic heterocycles. The van der Waals surface area contributed by atoms with E-state index >= 15 is 0 Å². The second-order valence-corrected chi connectivity index (χ2v) is 6.64. The van der Waals surface area contributed by atoms with Gasteiger partial charge in [0.25, 0.3) is 5.89 Å². The normalized spacial score (nSPS) is 17.9. The quantitative estimate of drug-likeness (QED) is 0.763. The highest BCUT2D eigenvalue weighted by Gasteiger charge is 2.32. The van der Waals surface area contributed by atoms with Crippen LogP contribution < -0.4 is 5.32 Å². The highest BCUT2D eigenvalue weighted by atomic mass is 19.1. The van der Waals surface area contributed by atoms with Crippen molar-refractivity contribution in [1.29, 1.82) is 0 Å². The van der Waals surface area contributed by atoms with E-state index in [0.717, 1.165) is 11.4 Å². The minimum absolute atomic E-state index is 0.162. The zero-order valence-electron chi connectivity index (χ0n) is 15.1. The molecule has 0 radical (unpaired) electrons. The van der Waals surface area contributed by atoms with E-state index in [-0.39, 0.29) is 11.7 Å². The van der Waals surface area contributed by atoms with Crippen molar-refractivity contribution in [3.63, 3.8) is 0 Å². The number of piperazine rings is 1. The summed E-state index contributed by atoms with van der Waals surface area (Å²) in [6.45, 7) is 3.43. The van der Waals surface area contributed by atoms with Gasteiger partial charge in [-0.25, -0.2) is 4.39 Å². The monoisotopic (exact) mass is 369 g/mol. The molecule has 1 fully saturated rings. The molecular weight excluding hydrogens is 349 g/mol. The lowest BCUT2D eigenvalue weighted by Gasteiger charge is -2.34. The number of hydrogen-bond donors (Lipinski definition) is 1. The van der Waals surface area contributed by atoms with Gasteiger partial charge in [0.1, 0.15) is 17.6 Å². The highest BCUT2D eigenvalue weighted by molar-refractivity contribution is 5.83. The predicted octanol–water partition coefficient (Wildman–Crippen LogP) is 2.20. The lowest BCUT2D eigenvalue weighted by molar-refractivity contribution is -0.129. The molecule has 1 aromatic carbocycles. The van der Waals surface area contributed by atoms with Crippen molar-refractivity contribution in [2.24, 2.45) is 7.05 Å². The average Bonchev–Trinajstić information content (AvgIpc) is 3.22. The zero-order chi connectivity index (χ0) is 19.0. The molecule has 4 rings (SSSR count). The first kappa shape index (κ1) is 17.4. The Bertz CT molecular complexity index is 980. The summed E-state index contributed by atoms with van der Waals surface area (Å²) in [6, 6.07) is 9.41. The van der Waals surface area contributed by atoms with E-state index in [4.69, 9.17) is 4.42 Å². The van der Waals surface area contributed by atoms with Gasteiger partial charge < -0.3 is 14.3 Å². The number of aryl methyl sites for hydroxylation is 1. The third-order valence-electron chi connectivity index (χ3n) is 4.87. The molecule has 3 heterocycles. The second kappa shape index (κ2) is 6.96. The number of hydrogen-bond acceptors (Lipinski definition) is 5. The molecule has 1 atom stereocenters. The molecule has 3 aromatic rings. The van der Waals surface area contributed by atoms with E-state index in [0.29, 0.717) is 37.0 Å². The van der Waals surface area contributed by atoms with Gasteiger partial charge >= 0.3 is 0 Å². The molecule has 1 N–H and O–H groups in total. The van der Waals surface area contributed by atoms with Crippen LogP contribution in [0.2, 0.25) is 0 Å². The molecule has 8 heteroatoms. The average molecular weight is 369 g/mol. The molecular formula is C19H20FN5O2. The molecule has 1 saturated heterocycles. The molecule has 27 heavy (non-hydrogen) atoms. The van der Waals surface area contributed by atoms with Crippen molar-refractivity contribution in [3.05, 3.63) is 59.4 Å². The lowest BCUT2D eigenvalue weighted by atomic mass is 10.0. The van der Waals surface area contributed by atoms with Crippen LogP contribution in [0.1, 0.15) is 23.2 Å². The fraction of sp³-hybridized carbons (Fsp3) is 0.316. The molecule has 1 aliphatic heterocycles. The standard InChI is InChI=1S/C19H20FN5O2/c1-12-6-7-15(24(12)2)19-23-22-16(27-19)11-25-9-8-21-18(26)17(25)13-4-3-5-14(20)10-13/h3-7,10,17H,8-9,11H2,1-2H3,(H,21,26)/t17-/m1/s1. The number of benzene rings is 1. The number of carbonyl (C=O) groups is 1. The van der Waals surface area contributed by atoms with Crippen LogP contribution in [-0.4, -0.2) is 38.7 Å². The summed E-state index contributed by atoms with van der Waals surface area (Å²) in [6.07, 6.45) is 0. The number of halogens is 1. The van der Waals surface area contributed by atoms with E-state index in [2.05, 4.69) is 15.5 Å². The third-order valence-corrected chi connectivity index (χ3v) is 4.87. The molecule has 0 unspecified atom stereocenters. The van der Waals surface area contributed by atoms with Crippen molar-refractivity contribution in [2.75, 3.05) is 13.1 Å². The van der Waals surface area contributed by atoms with Crippen molar-refractivity contribution in [3.8, 4) is 11.6 Å². The number of nitrogens with zero attached hydrogens (tertiary/aromatic N) is 4. The topological polar surface area (TPSA) is 76.2 Å². The number of amides is 1. The van der Waals surface area contributed by atoms with E-state index in [1.807, 2.05) is 35.6 Å². The fourth-order valence-corrected chi connectivity index (χ4v) is 3.35. The fourth-order valence-electron chi connectivity index (χ4n) is 3.35. The maximum atomic E-state index is 13.6. The molecule has 1 aliphatic rings. The van der Waals surface area contributed by atoms with Crippen LogP contribution >= 0.6 is 0 Å². The minimum atomic E-state index is -0.595. The van der Waals surface area contributed by atoms with Crippen LogP contribution in [0.25, 0.3) is 11.6 Å². The number of rotatable bonds is 4. The first-order valence-corrected chi connectivity index (χ1v) is 8.75. The Hall–Kier alpha value is -3.00. The first-order chi connectivity index (χ1) is 13.0. The summed E-state index contributed by atoms with van der Waals surface area (Å²) >= 11 is 0. The third kappa shape index (κ3) is 3.35. The Morgan fingerprint density at radius 2 is 2.15 bits per heavy atom. The van der Waals surface area contributed by atoms with Gasteiger partial charge in [0, 0.05) is 25.8 Å². The number of nitrogens with one attached hydrogen (secondary N) is 1. The molecule has 0 bridgehead atoms.